The fraction of sp³-hybridized carbons (Fsp3) is 0.100. The van der Waals surface area contributed by atoms with E-state index in [0.717, 1.165) is 22.0 Å². The van der Waals surface area contributed by atoms with Crippen molar-refractivity contribution in [3.8, 4) is 17.0 Å². The zero-order valence-corrected chi connectivity index (χ0v) is 8.54. The molecule has 2 N–H and O–H groups in total. The Hall–Kier alpha value is -1.55. The second kappa shape index (κ2) is 3.67. The summed E-state index contributed by atoms with van der Waals surface area (Å²) in [4.78, 5) is 4.20. The number of methoxy groups -OCH3 is 1. The van der Waals surface area contributed by atoms with Gasteiger partial charge in [0.15, 0.2) is 0 Å². The molecule has 2 rings (SSSR count). The van der Waals surface area contributed by atoms with Gasteiger partial charge in [-0.25, -0.2) is 4.98 Å². The number of anilines is 1. The number of hydrogen-bond donors (Lipinski definition) is 1. The number of thiazole rings is 1. The molecule has 0 aliphatic carbocycles. The third kappa shape index (κ3) is 1.56. The molecule has 0 saturated carbocycles. The van der Waals surface area contributed by atoms with E-state index in [4.69, 9.17) is 10.5 Å². The monoisotopic (exact) mass is 206 g/mol. The maximum absolute atomic E-state index is 5.78. The molecule has 0 aliphatic rings. The van der Waals surface area contributed by atoms with Gasteiger partial charge >= 0.3 is 0 Å². The summed E-state index contributed by atoms with van der Waals surface area (Å²) in [6.45, 7) is 0. The molecule has 0 bridgehead atoms. The lowest BCUT2D eigenvalue weighted by Crippen LogP contribution is -1.87. The third-order valence-electron chi connectivity index (χ3n) is 1.94. The first-order chi connectivity index (χ1) is 6.81. The van der Waals surface area contributed by atoms with Crippen molar-refractivity contribution < 1.29 is 4.74 Å². The predicted molar refractivity (Wildman–Crippen MR) is 58.5 cm³/mol. The fourth-order valence-electron chi connectivity index (χ4n) is 1.24. The van der Waals surface area contributed by atoms with Gasteiger partial charge in [-0.2, -0.15) is 0 Å². The average Bonchev–Trinajstić information content (AvgIpc) is 2.65. The van der Waals surface area contributed by atoms with E-state index in [1.807, 2.05) is 24.3 Å². The Balaban J connectivity index is 2.47. The van der Waals surface area contributed by atoms with Crippen molar-refractivity contribution in [2.75, 3.05) is 12.8 Å². The Morgan fingerprint density at radius 1 is 1.43 bits per heavy atom. The maximum Gasteiger partial charge on any atom is 0.119 e. The van der Waals surface area contributed by atoms with Crippen molar-refractivity contribution in [2.45, 2.75) is 0 Å². The number of nitrogen functional groups attached to an aromatic ring is 1. The van der Waals surface area contributed by atoms with Gasteiger partial charge in [0.05, 0.1) is 12.6 Å². The van der Waals surface area contributed by atoms with Gasteiger partial charge in [-0.1, -0.05) is 12.1 Å². The zero-order valence-electron chi connectivity index (χ0n) is 7.73. The molecule has 1 heterocycles. The summed E-state index contributed by atoms with van der Waals surface area (Å²) in [6.07, 6.45) is 0. The van der Waals surface area contributed by atoms with E-state index in [9.17, 15) is 0 Å². The smallest absolute Gasteiger partial charge is 0.119 e. The number of benzene rings is 1. The fourth-order valence-corrected chi connectivity index (χ4v) is 1.80. The minimum absolute atomic E-state index is 0.734. The summed E-state index contributed by atoms with van der Waals surface area (Å²) < 4.78 is 5.13. The molecule has 0 unspecified atom stereocenters. The van der Waals surface area contributed by atoms with Crippen LogP contribution in [0.1, 0.15) is 0 Å². The van der Waals surface area contributed by atoms with E-state index in [1.165, 1.54) is 11.3 Å². The second-order valence-corrected chi connectivity index (χ2v) is 3.68. The largest absolute Gasteiger partial charge is 0.497 e. The quantitative estimate of drug-likeness (QED) is 0.820. The Morgan fingerprint density at radius 3 is 2.93 bits per heavy atom. The Morgan fingerprint density at radius 2 is 2.29 bits per heavy atom. The normalized spacial score (nSPS) is 10.1. The van der Waals surface area contributed by atoms with Crippen LogP contribution in [0.3, 0.4) is 0 Å². The summed E-state index contributed by atoms with van der Waals surface area (Å²) in [7, 11) is 1.64. The molecule has 1 aromatic carbocycles. The Kier molecular flexibility index (Phi) is 2.37. The number of rotatable bonds is 2. The van der Waals surface area contributed by atoms with Crippen molar-refractivity contribution in [3.63, 3.8) is 0 Å². The van der Waals surface area contributed by atoms with Crippen molar-refractivity contribution in [1.29, 1.82) is 0 Å². The van der Waals surface area contributed by atoms with Gasteiger partial charge in [0.2, 0.25) is 0 Å². The molecule has 3 nitrogen and oxygen atoms in total. The number of nitrogens with zero attached hydrogens (tertiary/aromatic N) is 1. The van der Waals surface area contributed by atoms with Crippen LogP contribution in [-0.4, -0.2) is 12.1 Å². The second-order valence-electron chi connectivity index (χ2n) is 2.80. The molecule has 14 heavy (non-hydrogen) atoms. The first-order valence-corrected chi connectivity index (χ1v) is 5.02. The third-order valence-corrected chi connectivity index (χ3v) is 2.60. The van der Waals surface area contributed by atoms with Gasteiger partial charge in [-0.15, -0.1) is 11.3 Å². The lowest BCUT2D eigenvalue weighted by atomic mass is 10.1. The van der Waals surface area contributed by atoms with Crippen LogP contribution in [-0.2, 0) is 0 Å². The summed E-state index contributed by atoms with van der Waals surface area (Å²) in [6, 6.07) is 7.71. The molecular formula is C10H10N2OS. The van der Waals surface area contributed by atoms with Crippen LogP contribution in [0, 0.1) is 0 Å². The average molecular weight is 206 g/mol. The topological polar surface area (TPSA) is 48.1 Å². The number of ether oxygens (including phenoxy) is 1. The summed E-state index contributed by atoms with van der Waals surface area (Å²) >= 11 is 1.44. The maximum atomic E-state index is 5.78. The minimum Gasteiger partial charge on any atom is -0.497 e. The van der Waals surface area contributed by atoms with Crippen molar-refractivity contribution in [2.24, 2.45) is 0 Å². The summed E-state index contributed by atoms with van der Waals surface area (Å²) in [5.41, 5.74) is 9.34. The van der Waals surface area contributed by atoms with Crippen molar-refractivity contribution >= 4 is 16.3 Å². The van der Waals surface area contributed by atoms with Crippen LogP contribution in [0.5, 0.6) is 5.75 Å². The molecule has 0 spiro atoms. The standard InChI is InChI=1S/C10H10N2OS/c1-13-8-4-2-3-7(5-8)9-10(11)14-6-12-9/h2-6H,11H2,1H3. The molecular weight excluding hydrogens is 196 g/mol. The highest BCUT2D eigenvalue weighted by atomic mass is 32.1. The van der Waals surface area contributed by atoms with Crippen molar-refractivity contribution in [1.82, 2.24) is 4.98 Å². The molecule has 0 amide bonds. The van der Waals surface area contributed by atoms with Crippen LogP contribution >= 0.6 is 11.3 Å². The zero-order chi connectivity index (χ0) is 9.97. The van der Waals surface area contributed by atoms with Crippen LogP contribution in [0.25, 0.3) is 11.3 Å². The lowest BCUT2D eigenvalue weighted by molar-refractivity contribution is 0.415. The first kappa shape index (κ1) is 9.02. The van der Waals surface area contributed by atoms with E-state index in [-0.39, 0.29) is 0 Å². The lowest BCUT2D eigenvalue weighted by Gasteiger charge is -2.02. The van der Waals surface area contributed by atoms with E-state index in [1.54, 1.807) is 12.6 Å². The molecule has 1 aromatic heterocycles. The van der Waals surface area contributed by atoms with Crippen LogP contribution < -0.4 is 10.5 Å². The van der Waals surface area contributed by atoms with Gasteiger partial charge in [0.1, 0.15) is 16.4 Å². The Labute approximate surface area is 86.2 Å². The summed E-state index contributed by atoms with van der Waals surface area (Å²) in [5.74, 6) is 0.815. The Bertz CT molecular complexity index is 439. The molecule has 0 radical (unpaired) electrons. The SMILES string of the molecule is COc1cccc(-c2ncsc2N)c1. The highest BCUT2D eigenvalue weighted by Crippen LogP contribution is 2.29. The molecule has 2 aromatic rings. The van der Waals surface area contributed by atoms with E-state index in [2.05, 4.69) is 4.98 Å². The summed E-state index contributed by atoms with van der Waals surface area (Å²) in [5, 5.41) is 0.734. The number of nitrogens with two attached hydrogens (primary N) is 1. The van der Waals surface area contributed by atoms with E-state index in [0.29, 0.717) is 0 Å². The van der Waals surface area contributed by atoms with E-state index < -0.39 is 0 Å². The molecule has 0 saturated heterocycles. The van der Waals surface area contributed by atoms with Gasteiger partial charge in [0.25, 0.3) is 0 Å². The van der Waals surface area contributed by atoms with Crippen LogP contribution in [0.2, 0.25) is 0 Å². The van der Waals surface area contributed by atoms with Gasteiger partial charge < -0.3 is 10.5 Å². The van der Waals surface area contributed by atoms with Gasteiger partial charge in [-0.05, 0) is 12.1 Å². The minimum atomic E-state index is 0.734. The molecule has 72 valence electrons. The van der Waals surface area contributed by atoms with Gasteiger partial charge in [-0.3, -0.25) is 0 Å². The molecule has 4 heteroatoms. The predicted octanol–water partition coefficient (Wildman–Crippen LogP) is 2.40. The highest BCUT2D eigenvalue weighted by molar-refractivity contribution is 7.14. The molecule has 0 aliphatic heterocycles. The highest BCUT2D eigenvalue weighted by Gasteiger charge is 2.05. The van der Waals surface area contributed by atoms with Crippen LogP contribution in [0.15, 0.2) is 29.8 Å². The molecule has 0 fully saturated rings. The molecule has 0 atom stereocenters. The number of hydrogen-bond acceptors (Lipinski definition) is 4. The van der Waals surface area contributed by atoms with Gasteiger partial charge in [0, 0.05) is 5.56 Å². The van der Waals surface area contributed by atoms with E-state index >= 15 is 0 Å². The first-order valence-electron chi connectivity index (χ1n) is 4.14. The van der Waals surface area contributed by atoms with Crippen LogP contribution in [0.4, 0.5) is 5.00 Å². The van der Waals surface area contributed by atoms with Crippen molar-refractivity contribution in [3.05, 3.63) is 29.8 Å². The number of aromatic nitrogens is 1.